The molecule has 0 radical (unpaired) electrons. The second-order valence-corrected chi connectivity index (χ2v) is 7.90. The average molecular weight is 375 g/mol. The van der Waals surface area contributed by atoms with Gasteiger partial charge in [-0.05, 0) is 49.6 Å². The Labute approximate surface area is 152 Å². The van der Waals surface area contributed by atoms with Crippen LogP contribution in [0.25, 0.3) is 0 Å². The van der Waals surface area contributed by atoms with Crippen LogP contribution in [0.3, 0.4) is 0 Å². The third kappa shape index (κ3) is 3.96. The van der Waals surface area contributed by atoms with Crippen LogP contribution in [-0.2, 0) is 14.8 Å². The number of hydrogen-bond donors (Lipinski definition) is 2. The first-order valence-electron chi connectivity index (χ1n) is 8.46. The van der Waals surface area contributed by atoms with E-state index in [0.717, 1.165) is 18.4 Å². The molecule has 138 valence electrons. The Bertz CT molecular complexity index is 911. The first-order valence-corrected chi connectivity index (χ1v) is 9.94. The zero-order valence-electron chi connectivity index (χ0n) is 14.7. The van der Waals surface area contributed by atoms with Crippen LogP contribution in [0.2, 0.25) is 0 Å². The van der Waals surface area contributed by atoms with Crippen molar-refractivity contribution in [3.05, 3.63) is 42.1 Å². The topological polar surface area (TPSA) is 97.4 Å². The molecular formula is C18H21N3O4S. The van der Waals surface area contributed by atoms with E-state index < -0.39 is 16.1 Å². The molecule has 2 N–H and O–H groups in total. The highest BCUT2D eigenvalue weighted by Gasteiger charge is 2.28. The number of carbonyl (C=O) groups is 1. The SMILES string of the molecule is CCCC[C@H]1Oc2ccc(S(=O)(=O)Nc3ccc(C)cn3)cc2NC1=O. The highest BCUT2D eigenvalue weighted by Crippen LogP contribution is 2.33. The van der Waals surface area contributed by atoms with E-state index in [2.05, 4.69) is 15.0 Å². The van der Waals surface area contributed by atoms with Gasteiger partial charge < -0.3 is 10.1 Å². The first-order chi connectivity index (χ1) is 12.4. The number of unbranched alkanes of at least 4 members (excludes halogenated alkanes) is 1. The molecule has 8 heteroatoms. The molecule has 0 bridgehead atoms. The predicted octanol–water partition coefficient (Wildman–Crippen LogP) is 3.08. The Morgan fingerprint density at radius 3 is 2.77 bits per heavy atom. The maximum Gasteiger partial charge on any atom is 0.265 e. The fourth-order valence-corrected chi connectivity index (χ4v) is 3.64. The number of sulfonamides is 1. The van der Waals surface area contributed by atoms with Gasteiger partial charge in [0.15, 0.2) is 6.10 Å². The largest absolute Gasteiger partial charge is 0.478 e. The van der Waals surface area contributed by atoms with E-state index >= 15 is 0 Å². The van der Waals surface area contributed by atoms with Crippen molar-refractivity contribution < 1.29 is 17.9 Å². The number of nitrogens with one attached hydrogen (secondary N) is 2. The van der Waals surface area contributed by atoms with Crippen LogP contribution in [-0.4, -0.2) is 25.4 Å². The minimum Gasteiger partial charge on any atom is -0.478 e. The molecule has 0 aliphatic carbocycles. The van der Waals surface area contributed by atoms with Crippen LogP contribution < -0.4 is 14.8 Å². The molecule has 1 aliphatic rings. The molecule has 7 nitrogen and oxygen atoms in total. The van der Waals surface area contributed by atoms with Gasteiger partial charge in [-0.15, -0.1) is 0 Å². The maximum absolute atomic E-state index is 12.6. The van der Waals surface area contributed by atoms with Crippen molar-refractivity contribution in [3.8, 4) is 5.75 Å². The summed E-state index contributed by atoms with van der Waals surface area (Å²) in [6.45, 7) is 3.91. The van der Waals surface area contributed by atoms with Crippen LogP contribution in [0.5, 0.6) is 5.75 Å². The van der Waals surface area contributed by atoms with E-state index in [4.69, 9.17) is 4.74 Å². The van der Waals surface area contributed by atoms with E-state index in [9.17, 15) is 13.2 Å². The lowest BCUT2D eigenvalue weighted by atomic mass is 10.1. The van der Waals surface area contributed by atoms with E-state index in [-0.39, 0.29) is 16.6 Å². The summed E-state index contributed by atoms with van der Waals surface area (Å²) < 4.78 is 33.2. The first kappa shape index (κ1) is 18.2. The molecule has 0 unspecified atom stereocenters. The van der Waals surface area contributed by atoms with Crippen molar-refractivity contribution in [2.45, 2.75) is 44.1 Å². The fraction of sp³-hybridized carbons (Fsp3) is 0.333. The number of aromatic nitrogens is 1. The van der Waals surface area contributed by atoms with Crippen molar-refractivity contribution in [3.63, 3.8) is 0 Å². The van der Waals surface area contributed by atoms with Crippen LogP contribution >= 0.6 is 0 Å². The maximum atomic E-state index is 12.6. The lowest BCUT2D eigenvalue weighted by Gasteiger charge is -2.26. The van der Waals surface area contributed by atoms with Crippen molar-refractivity contribution in [2.75, 3.05) is 10.0 Å². The summed E-state index contributed by atoms with van der Waals surface area (Å²) in [4.78, 5) is 16.2. The van der Waals surface area contributed by atoms with E-state index in [1.54, 1.807) is 24.4 Å². The number of carbonyl (C=O) groups excluding carboxylic acids is 1. The number of rotatable bonds is 6. The zero-order chi connectivity index (χ0) is 18.7. The lowest BCUT2D eigenvalue weighted by Crippen LogP contribution is -2.37. The number of aryl methyl sites for hydroxylation is 1. The minimum atomic E-state index is -3.82. The van der Waals surface area contributed by atoms with Gasteiger partial charge in [-0.25, -0.2) is 13.4 Å². The number of pyridine rings is 1. The minimum absolute atomic E-state index is 0.0227. The summed E-state index contributed by atoms with van der Waals surface area (Å²) in [7, 11) is -3.82. The summed E-state index contributed by atoms with van der Waals surface area (Å²) in [6, 6.07) is 7.76. The number of amides is 1. The van der Waals surface area contributed by atoms with E-state index in [1.807, 2.05) is 13.8 Å². The molecule has 2 aromatic rings. The summed E-state index contributed by atoms with van der Waals surface area (Å²) in [5.74, 6) is 0.444. The molecule has 2 heterocycles. The summed E-state index contributed by atoms with van der Waals surface area (Å²) in [5.41, 5.74) is 1.28. The van der Waals surface area contributed by atoms with Gasteiger partial charge in [-0.2, -0.15) is 0 Å². The third-order valence-electron chi connectivity index (χ3n) is 4.05. The average Bonchev–Trinajstić information content (AvgIpc) is 2.61. The van der Waals surface area contributed by atoms with Gasteiger partial charge in [0, 0.05) is 6.20 Å². The van der Waals surface area contributed by atoms with Crippen molar-refractivity contribution in [1.29, 1.82) is 0 Å². The van der Waals surface area contributed by atoms with Crippen LogP contribution in [0, 0.1) is 6.92 Å². The molecule has 1 amide bonds. The Morgan fingerprint density at radius 1 is 1.27 bits per heavy atom. The van der Waals surface area contributed by atoms with Gasteiger partial charge >= 0.3 is 0 Å². The van der Waals surface area contributed by atoms with Crippen molar-refractivity contribution in [1.82, 2.24) is 4.98 Å². The van der Waals surface area contributed by atoms with Gasteiger partial charge in [0.05, 0.1) is 10.6 Å². The highest BCUT2D eigenvalue weighted by atomic mass is 32.2. The number of ether oxygens (including phenoxy) is 1. The van der Waals surface area contributed by atoms with Gasteiger partial charge in [-0.1, -0.05) is 19.4 Å². The lowest BCUT2D eigenvalue weighted by molar-refractivity contribution is -0.123. The van der Waals surface area contributed by atoms with Crippen LogP contribution in [0.4, 0.5) is 11.5 Å². The van der Waals surface area contributed by atoms with Gasteiger partial charge in [0.2, 0.25) is 0 Å². The second kappa shape index (κ2) is 7.33. The second-order valence-electron chi connectivity index (χ2n) is 6.22. The molecule has 1 aromatic carbocycles. The quantitative estimate of drug-likeness (QED) is 0.809. The number of hydrogen-bond acceptors (Lipinski definition) is 5. The van der Waals surface area contributed by atoms with Crippen LogP contribution in [0.1, 0.15) is 31.7 Å². The summed E-state index contributed by atoms with van der Waals surface area (Å²) in [5, 5.41) is 2.73. The molecule has 26 heavy (non-hydrogen) atoms. The number of anilines is 2. The molecule has 0 saturated heterocycles. The zero-order valence-corrected chi connectivity index (χ0v) is 15.5. The molecule has 0 fully saturated rings. The molecule has 0 saturated carbocycles. The normalized spacial score (nSPS) is 16.4. The van der Waals surface area contributed by atoms with Gasteiger partial charge in [0.25, 0.3) is 15.9 Å². The molecule has 3 rings (SSSR count). The summed E-state index contributed by atoms with van der Waals surface area (Å²) >= 11 is 0. The number of fused-ring (bicyclic) bond motifs is 1. The van der Waals surface area contributed by atoms with Crippen LogP contribution in [0.15, 0.2) is 41.4 Å². The molecular weight excluding hydrogens is 354 g/mol. The summed E-state index contributed by atoms with van der Waals surface area (Å²) in [6.07, 6.45) is 3.51. The Kier molecular flexibility index (Phi) is 5.13. The van der Waals surface area contributed by atoms with Crippen molar-refractivity contribution in [2.24, 2.45) is 0 Å². The number of nitrogens with zero attached hydrogens (tertiary/aromatic N) is 1. The standard InChI is InChI=1S/C18H21N3O4S/c1-3-4-5-16-18(22)20-14-10-13(7-8-15(14)25-16)26(23,24)21-17-9-6-12(2)11-19-17/h6-11,16H,3-5H2,1-2H3,(H,19,21)(H,20,22)/t16-/m1/s1. The fourth-order valence-electron chi connectivity index (χ4n) is 2.60. The molecule has 1 aromatic heterocycles. The van der Waals surface area contributed by atoms with Gasteiger partial charge in [-0.3, -0.25) is 9.52 Å². The Morgan fingerprint density at radius 2 is 2.08 bits per heavy atom. The van der Waals surface area contributed by atoms with E-state index in [1.165, 1.54) is 12.1 Å². The predicted molar refractivity (Wildman–Crippen MR) is 98.8 cm³/mol. The Hall–Kier alpha value is -2.61. The molecule has 1 aliphatic heterocycles. The monoisotopic (exact) mass is 375 g/mol. The highest BCUT2D eigenvalue weighted by molar-refractivity contribution is 7.92. The number of benzene rings is 1. The Balaban J connectivity index is 1.81. The third-order valence-corrected chi connectivity index (χ3v) is 5.40. The molecule has 1 atom stereocenters. The smallest absolute Gasteiger partial charge is 0.265 e. The molecule has 0 spiro atoms. The van der Waals surface area contributed by atoms with E-state index in [0.29, 0.717) is 17.9 Å². The van der Waals surface area contributed by atoms with Crippen molar-refractivity contribution >= 4 is 27.4 Å². The van der Waals surface area contributed by atoms with Gasteiger partial charge in [0.1, 0.15) is 11.6 Å².